The van der Waals surface area contributed by atoms with Crippen molar-refractivity contribution in [2.24, 2.45) is 0 Å². The maximum atomic E-state index is 9.18. The molecule has 2 aromatic carbocycles. The lowest BCUT2D eigenvalue weighted by molar-refractivity contribution is 1.06. The Morgan fingerprint density at radius 3 is 2.60 bits per heavy atom. The van der Waals surface area contributed by atoms with Crippen LogP contribution in [0.1, 0.15) is 16.8 Å². The van der Waals surface area contributed by atoms with E-state index in [1.165, 1.54) is 0 Å². The lowest BCUT2D eigenvalue weighted by atomic mass is 10.2. The van der Waals surface area contributed by atoms with Gasteiger partial charge in [0.05, 0.1) is 11.3 Å². The molecule has 6 heteroatoms. The molecule has 0 amide bonds. The van der Waals surface area contributed by atoms with E-state index in [4.69, 9.17) is 11.6 Å². The number of hydrogen-bond donors (Lipinski definition) is 2. The number of rotatable bonds is 5. The van der Waals surface area contributed by atoms with E-state index in [2.05, 4.69) is 26.7 Å². The molecule has 124 valence electrons. The molecule has 3 aromatic rings. The minimum atomic E-state index is 0.446. The summed E-state index contributed by atoms with van der Waals surface area (Å²) in [5.74, 6) is 1.15. The molecule has 1 aromatic heterocycles. The van der Waals surface area contributed by atoms with Crippen LogP contribution in [-0.2, 0) is 6.54 Å². The van der Waals surface area contributed by atoms with Gasteiger partial charge in [-0.15, -0.1) is 0 Å². The van der Waals surface area contributed by atoms with Crippen molar-refractivity contribution in [2.45, 2.75) is 13.5 Å². The molecule has 0 saturated heterocycles. The number of para-hydroxylation sites is 1. The minimum Gasteiger partial charge on any atom is -0.366 e. The summed E-state index contributed by atoms with van der Waals surface area (Å²) in [5.41, 5.74) is 3.15. The highest BCUT2D eigenvalue weighted by Crippen LogP contribution is 2.19. The van der Waals surface area contributed by atoms with Crippen LogP contribution in [0.25, 0.3) is 0 Å². The molecule has 0 saturated carbocycles. The Labute approximate surface area is 151 Å². The van der Waals surface area contributed by atoms with Gasteiger partial charge in [0.25, 0.3) is 0 Å². The first kappa shape index (κ1) is 16.7. The summed E-state index contributed by atoms with van der Waals surface area (Å²) in [6.07, 6.45) is 0. The number of nitrogens with zero attached hydrogens (tertiary/aromatic N) is 3. The van der Waals surface area contributed by atoms with Crippen molar-refractivity contribution >= 4 is 29.1 Å². The van der Waals surface area contributed by atoms with Crippen molar-refractivity contribution in [2.75, 3.05) is 10.6 Å². The topological polar surface area (TPSA) is 73.6 Å². The Morgan fingerprint density at radius 2 is 1.84 bits per heavy atom. The van der Waals surface area contributed by atoms with Gasteiger partial charge in [0.15, 0.2) is 0 Å². The SMILES string of the molecule is Cc1cc(NCc2ccc(Cl)cc2)nc(Nc2ccccc2C#N)n1. The number of hydrogen-bond acceptors (Lipinski definition) is 5. The van der Waals surface area contributed by atoms with Gasteiger partial charge >= 0.3 is 0 Å². The largest absolute Gasteiger partial charge is 0.366 e. The highest BCUT2D eigenvalue weighted by atomic mass is 35.5. The van der Waals surface area contributed by atoms with Gasteiger partial charge in [0.1, 0.15) is 11.9 Å². The zero-order valence-corrected chi connectivity index (χ0v) is 14.4. The molecule has 25 heavy (non-hydrogen) atoms. The van der Waals surface area contributed by atoms with E-state index in [1.807, 2.05) is 55.5 Å². The Balaban J connectivity index is 1.76. The first-order valence-corrected chi connectivity index (χ1v) is 8.12. The first-order valence-electron chi connectivity index (χ1n) is 7.74. The van der Waals surface area contributed by atoms with Crippen LogP contribution in [0.15, 0.2) is 54.6 Å². The fraction of sp³-hybridized carbons (Fsp3) is 0.105. The van der Waals surface area contributed by atoms with Crippen molar-refractivity contribution < 1.29 is 0 Å². The third kappa shape index (κ3) is 4.46. The molecular formula is C19H16ClN5. The summed E-state index contributed by atoms with van der Waals surface area (Å²) in [6.45, 7) is 2.53. The van der Waals surface area contributed by atoms with Crippen molar-refractivity contribution in [1.29, 1.82) is 5.26 Å². The molecule has 0 aliphatic carbocycles. The fourth-order valence-electron chi connectivity index (χ4n) is 2.32. The van der Waals surface area contributed by atoms with Crippen LogP contribution in [0.3, 0.4) is 0 Å². The van der Waals surface area contributed by atoms with E-state index in [-0.39, 0.29) is 0 Å². The lowest BCUT2D eigenvalue weighted by Crippen LogP contribution is -2.06. The van der Waals surface area contributed by atoms with Gasteiger partial charge in [-0.1, -0.05) is 35.9 Å². The third-order valence-electron chi connectivity index (χ3n) is 3.54. The Hall–Kier alpha value is -3.10. The van der Waals surface area contributed by atoms with Crippen molar-refractivity contribution in [3.63, 3.8) is 0 Å². The molecule has 0 aliphatic heterocycles. The van der Waals surface area contributed by atoms with Gasteiger partial charge in [0.2, 0.25) is 5.95 Å². The summed E-state index contributed by atoms with van der Waals surface area (Å²) in [4.78, 5) is 8.85. The second kappa shape index (κ2) is 7.65. The molecule has 0 atom stereocenters. The van der Waals surface area contributed by atoms with Crippen LogP contribution in [-0.4, -0.2) is 9.97 Å². The molecule has 0 spiro atoms. The lowest BCUT2D eigenvalue weighted by Gasteiger charge is -2.11. The first-order chi connectivity index (χ1) is 12.1. The molecule has 0 bridgehead atoms. The van der Waals surface area contributed by atoms with Gasteiger partial charge in [-0.05, 0) is 36.8 Å². The third-order valence-corrected chi connectivity index (χ3v) is 3.79. The van der Waals surface area contributed by atoms with E-state index in [9.17, 15) is 5.26 Å². The monoisotopic (exact) mass is 349 g/mol. The number of aryl methyl sites for hydroxylation is 1. The second-order valence-corrected chi connectivity index (χ2v) is 5.92. The molecule has 1 heterocycles. The molecule has 0 aliphatic rings. The average molecular weight is 350 g/mol. The molecule has 3 rings (SSSR count). The van der Waals surface area contributed by atoms with Gasteiger partial charge in [-0.25, -0.2) is 4.98 Å². The minimum absolute atomic E-state index is 0.446. The summed E-state index contributed by atoms with van der Waals surface area (Å²) in [7, 11) is 0. The van der Waals surface area contributed by atoms with E-state index < -0.39 is 0 Å². The molecular weight excluding hydrogens is 334 g/mol. The Bertz CT molecular complexity index is 916. The number of halogens is 1. The van der Waals surface area contributed by atoms with E-state index >= 15 is 0 Å². The standard InChI is InChI=1S/C19H16ClN5/c1-13-10-18(22-12-14-6-8-16(20)9-7-14)25-19(23-13)24-17-5-3-2-4-15(17)11-21/h2-10H,12H2,1H3,(H2,22,23,24,25). The number of anilines is 3. The van der Waals surface area contributed by atoms with Crippen LogP contribution in [0, 0.1) is 18.3 Å². The van der Waals surface area contributed by atoms with Crippen LogP contribution < -0.4 is 10.6 Å². The predicted molar refractivity (Wildman–Crippen MR) is 100.0 cm³/mol. The fourth-order valence-corrected chi connectivity index (χ4v) is 2.45. The van der Waals surface area contributed by atoms with Gasteiger partial charge in [-0.2, -0.15) is 10.2 Å². The molecule has 0 fully saturated rings. The Morgan fingerprint density at radius 1 is 1.08 bits per heavy atom. The van der Waals surface area contributed by atoms with Crippen LogP contribution >= 0.6 is 11.6 Å². The predicted octanol–water partition coefficient (Wildman–Crippen LogP) is 4.67. The van der Waals surface area contributed by atoms with Gasteiger partial charge < -0.3 is 10.6 Å². The highest BCUT2D eigenvalue weighted by molar-refractivity contribution is 6.30. The molecule has 0 unspecified atom stereocenters. The molecule has 5 nitrogen and oxygen atoms in total. The van der Waals surface area contributed by atoms with E-state index in [0.717, 1.165) is 11.3 Å². The Kier molecular flexibility index (Phi) is 5.12. The quantitative estimate of drug-likeness (QED) is 0.700. The molecule has 2 N–H and O–H groups in total. The van der Waals surface area contributed by atoms with E-state index in [0.29, 0.717) is 34.6 Å². The van der Waals surface area contributed by atoms with Crippen molar-refractivity contribution in [3.8, 4) is 6.07 Å². The average Bonchev–Trinajstić information content (AvgIpc) is 2.61. The van der Waals surface area contributed by atoms with Crippen molar-refractivity contribution in [3.05, 3.63) is 76.4 Å². The smallest absolute Gasteiger partial charge is 0.229 e. The summed E-state index contributed by atoms with van der Waals surface area (Å²) in [5, 5.41) is 16.3. The second-order valence-electron chi connectivity index (χ2n) is 5.48. The van der Waals surface area contributed by atoms with E-state index in [1.54, 1.807) is 6.07 Å². The summed E-state index contributed by atoms with van der Waals surface area (Å²) >= 11 is 5.90. The number of nitriles is 1. The summed E-state index contributed by atoms with van der Waals surface area (Å²) < 4.78 is 0. The zero-order valence-electron chi connectivity index (χ0n) is 13.6. The summed E-state index contributed by atoms with van der Waals surface area (Å²) in [6, 6.07) is 18.9. The number of aromatic nitrogens is 2. The van der Waals surface area contributed by atoms with Crippen LogP contribution in [0.2, 0.25) is 5.02 Å². The highest BCUT2D eigenvalue weighted by Gasteiger charge is 2.06. The number of benzene rings is 2. The maximum absolute atomic E-state index is 9.18. The van der Waals surface area contributed by atoms with Crippen LogP contribution in [0.4, 0.5) is 17.5 Å². The van der Waals surface area contributed by atoms with Gasteiger partial charge in [0, 0.05) is 23.3 Å². The van der Waals surface area contributed by atoms with Gasteiger partial charge in [-0.3, -0.25) is 0 Å². The molecule has 0 radical (unpaired) electrons. The number of nitrogens with one attached hydrogen (secondary N) is 2. The normalized spacial score (nSPS) is 10.1. The maximum Gasteiger partial charge on any atom is 0.229 e. The van der Waals surface area contributed by atoms with Crippen LogP contribution in [0.5, 0.6) is 0 Å². The van der Waals surface area contributed by atoms with Crippen molar-refractivity contribution in [1.82, 2.24) is 9.97 Å². The zero-order chi connectivity index (χ0) is 17.6.